The number of piperazine rings is 1. The first kappa shape index (κ1) is 17.0. The van der Waals surface area contributed by atoms with Gasteiger partial charge in [0.05, 0.1) is 12.1 Å². The van der Waals surface area contributed by atoms with E-state index >= 15 is 0 Å². The Hall–Kier alpha value is -2.45. The number of imidazole rings is 1. The molecule has 136 valence electrons. The molecule has 1 atom stereocenters. The number of nitrogens with one attached hydrogen (secondary N) is 1. The van der Waals surface area contributed by atoms with Gasteiger partial charge in [-0.3, -0.25) is 4.79 Å². The summed E-state index contributed by atoms with van der Waals surface area (Å²) in [4.78, 5) is 23.9. The average Bonchev–Trinajstić information content (AvgIpc) is 3.36. The van der Waals surface area contributed by atoms with Crippen LogP contribution in [0.5, 0.6) is 0 Å². The maximum absolute atomic E-state index is 12.9. The zero-order valence-corrected chi connectivity index (χ0v) is 15.6. The molecule has 1 unspecified atom stereocenters. The highest BCUT2D eigenvalue weighted by atomic mass is 32.1. The second-order valence-electron chi connectivity index (χ2n) is 6.43. The van der Waals surface area contributed by atoms with Crippen molar-refractivity contribution in [3.05, 3.63) is 47.2 Å². The molecule has 1 fully saturated rings. The quantitative estimate of drug-likeness (QED) is 0.761. The Labute approximate surface area is 155 Å². The summed E-state index contributed by atoms with van der Waals surface area (Å²) in [6.07, 6.45) is 3.96. The lowest BCUT2D eigenvalue weighted by molar-refractivity contribution is -0.134. The van der Waals surface area contributed by atoms with Gasteiger partial charge in [0.1, 0.15) is 17.6 Å². The van der Waals surface area contributed by atoms with Gasteiger partial charge in [0.15, 0.2) is 10.8 Å². The fourth-order valence-corrected chi connectivity index (χ4v) is 4.02. The highest BCUT2D eigenvalue weighted by Crippen LogP contribution is 2.27. The molecule has 0 radical (unpaired) electrons. The molecule has 3 aromatic rings. The molecule has 1 aliphatic rings. The molecule has 1 N–H and O–H groups in total. The van der Waals surface area contributed by atoms with Crippen LogP contribution in [0.1, 0.15) is 23.3 Å². The van der Waals surface area contributed by atoms with Crippen LogP contribution >= 0.6 is 11.3 Å². The molecule has 3 aromatic heterocycles. The zero-order chi connectivity index (χ0) is 18.1. The molecule has 0 bridgehead atoms. The summed E-state index contributed by atoms with van der Waals surface area (Å²) in [5.41, 5.74) is 0.779. The summed E-state index contributed by atoms with van der Waals surface area (Å²) in [6, 6.07) is 3.77. The number of hydrogen-bond acceptors (Lipinski definition) is 6. The van der Waals surface area contributed by atoms with Crippen molar-refractivity contribution in [1.82, 2.24) is 24.8 Å². The zero-order valence-electron chi connectivity index (χ0n) is 14.8. The fourth-order valence-electron chi connectivity index (χ4n) is 3.24. The van der Waals surface area contributed by atoms with E-state index in [-0.39, 0.29) is 18.4 Å². The number of hydrogen-bond donors (Lipinski definition) is 1. The second kappa shape index (κ2) is 7.05. The van der Waals surface area contributed by atoms with Crippen LogP contribution in [-0.2, 0) is 18.3 Å². The van der Waals surface area contributed by atoms with E-state index in [0.717, 1.165) is 34.6 Å². The van der Waals surface area contributed by atoms with Gasteiger partial charge in [-0.1, -0.05) is 0 Å². The molecule has 26 heavy (non-hydrogen) atoms. The Bertz CT molecular complexity index is 912. The van der Waals surface area contributed by atoms with Crippen molar-refractivity contribution >= 4 is 17.2 Å². The van der Waals surface area contributed by atoms with Crippen LogP contribution in [0.4, 0.5) is 0 Å². The summed E-state index contributed by atoms with van der Waals surface area (Å²) < 4.78 is 7.59. The predicted octanol–water partition coefficient (Wildman–Crippen LogP) is 2.16. The van der Waals surface area contributed by atoms with Gasteiger partial charge >= 0.3 is 0 Å². The smallest absolute Gasteiger partial charge is 0.229 e. The van der Waals surface area contributed by atoms with Crippen molar-refractivity contribution in [1.29, 1.82) is 0 Å². The van der Waals surface area contributed by atoms with Crippen molar-refractivity contribution in [3.63, 3.8) is 0 Å². The number of rotatable bonds is 4. The third-order valence-corrected chi connectivity index (χ3v) is 5.46. The van der Waals surface area contributed by atoms with Crippen molar-refractivity contribution in [3.8, 4) is 10.8 Å². The molecule has 4 heterocycles. The molecule has 1 saturated heterocycles. The minimum atomic E-state index is -0.0536. The summed E-state index contributed by atoms with van der Waals surface area (Å²) >= 11 is 1.50. The van der Waals surface area contributed by atoms with E-state index in [9.17, 15) is 4.79 Å². The van der Waals surface area contributed by atoms with Gasteiger partial charge in [-0.15, -0.1) is 11.3 Å². The Morgan fingerprint density at radius 3 is 3.08 bits per heavy atom. The first-order valence-corrected chi connectivity index (χ1v) is 9.48. The average molecular weight is 371 g/mol. The van der Waals surface area contributed by atoms with Crippen molar-refractivity contribution in [2.75, 3.05) is 19.6 Å². The number of amides is 1. The molecular formula is C18H21N5O2S. The van der Waals surface area contributed by atoms with Crippen LogP contribution in [-0.4, -0.2) is 45.0 Å². The van der Waals surface area contributed by atoms with Crippen molar-refractivity contribution in [2.24, 2.45) is 7.05 Å². The van der Waals surface area contributed by atoms with E-state index in [4.69, 9.17) is 4.42 Å². The molecule has 0 saturated carbocycles. The highest BCUT2D eigenvalue weighted by Gasteiger charge is 2.30. The van der Waals surface area contributed by atoms with E-state index in [1.807, 2.05) is 47.1 Å². The van der Waals surface area contributed by atoms with Gasteiger partial charge in [0, 0.05) is 44.5 Å². The third-order valence-electron chi connectivity index (χ3n) is 4.56. The van der Waals surface area contributed by atoms with Gasteiger partial charge in [-0.2, -0.15) is 0 Å². The number of carbonyl (C=O) groups excluding carboxylic acids is 1. The van der Waals surface area contributed by atoms with Gasteiger partial charge < -0.3 is 19.2 Å². The lowest BCUT2D eigenvalue weighted by Crippen LogP contribution is -2.49. The maximum atomic E-state index is 12.9. The van der Waals surface area contributed by atoms with E-state index < -0.39 is 0 Å². The number of nitrogens with zero attached hydrogens (tertiary/aromatic N) is 4. The highest BCUT2D eigenvalue weighted by molar-refractivity contribution is 7.13. The minimum absolute atomic E-state index is 0.0536. The third kappa shape index (κ3) is 3.30. The molecule has 7 nitrogen and oxygen atoms in total. The lowest BCUT2D eigenvalue weighted by atomic mass is 10.1. The fraction of sp³-hybridized carbons (Fsp3) is 0.389. The molecule has 0 aromatic carbocycles. The topological polar surface area (TPSA) is 76.2 Å². The summed E-state index contributed by atoms with van der Waals surface area (Å²) in [5.74, 6) is 2.58. The van der Waals surface area contributed by atoms with Crippen LogP contribution < -0.4 is 5.32 Å². The Morgan fingerprint density at radius 2 is 2.35 bits per heavy atom. The Balaban J connectivity index is 1.50. The number of thiazole rings is 1. The summed E-state index contributed by atoms with van der Waals surface area (Å²) in [7, 11) is 1.96. The number of furan rings is 1. The van der Waals surface area contributed by atoms with Gasteiger partial charge in [0.25, 0.3) is 0 Å². The van der Waals surface area contributed by atoms with E-state index in [1.54, 1.807) is 6.20 Å². The van der Waals surface area contributed by atoms with Crippen LogP contribution in [0.25, 0.3) is 10.8 Å². The molecule has 1 amide bonds. The van der Waals surface area contributed by atoms with Gasteiger partial charge in [0.2, 0.25) is 5.91 Å². The first-order chi connectivity index (χ1) is 12.6. The van der Waals surface area contributed by atoms with E-state index in [2.05, 4.69) is 15.3 Å². The molecule has 0 aliphatic carbocycles. The van der Waals surface area contributed by atoms with Crippen LogP contribution in [0.15, 0.2) is 34.3 Å². The second-order valence-corrected chi connectivity index (χ2v) is 7.29. The molecule has 4 rings (SSSR count). The number of carbonyl (C=O) groups is 1. The molecule has 0 spiro atoms. The lowest BCUT2D eigenvalue weighted by Gasteiger charge is -2.35. The summed E-state index contributed by atoms with van der Waals surface area (Å²) in [5, 5.41) is 6.09. The standard InChI is InChI=1S/C18H21N5O2S/c1-12-3-4-15(25-12)18-21-13(11-26-18)9-16(24)23-8-5-19-10-14(23)17-20-6-7-22(17)2/h3-4,6-7,11,14,19H,5,8-10H2,1-2H3. The molecule has 8 heteroatoms. The Kier molecular flexibility index (Phi) is 4.60. The van der Waals surface area contributed by atoms with E-state index in [0.29, 0.717) is 13.1 Å². The molecular weight excluding hydrogens is 350 g/mol. The maximum Gasteiger partial charge on any atom is 0.229 e. The predicted molar refractivity (Wildman–Crippen MR) is 98.8 cm³/mol. The van der Waals surface area contributed by atoms with E-state index in [1.165, 1.54) is 11.3 Å². The van der Waals surface area contributed by atoms with Crippen LogP contribution in [0, 0.1) is 6.92 Å². The van der Waals surface area contributed by atoms with Crippen molar-refractivity contribution in [2.45, 2.75) is 19.4 Å². The van der Waals surface area contributed by atoms with Gasteiger partial charge in [-0.25, -0.2) is 9.97 Å². The Morgan fingerprint density at radius 1 is 1.46 bits per heavy atom. The largest absolute Gasteiger partial charge is 0.459 e. The summed E-state index contributed by atoms with van der Waals surface area (Å²) in [6.45, 7) is 4.08. The van der Waals surface area contributed by atoms with Crippen molar-refractivity contribution < 1.29 is 9.21 Å². The normalized spacial score (nSPS) is 17.6. The molecule has 1 aliphatic heterocycles. The van der Waals surface area contributed by atoms with Crippen LogP contribution in [0.2, 0.25) is 0 Å². The first-order valence-electron chi connectivity index (χ1n) is 8.60. The number of aryl methyl sites for hydroxylation is 2. The SMILES string of the molecule is Cc1ccc(-c2nc(CC(=O)N3CCNCC3c3nccn3C)cs2)o1. The monoisotopic (exact) mass is 371 g/mol. The minimum Gasteiger partial charge on any atom is -0.459 e. The number of aromatic nitrogens is 3. The van der Waals surface area contributed by atoms with Crippen LogP contribution in [0.3, 0.4) is 0 Å². The van der Waals surface area contributed by atoms with Gasteiger partial charge in [-0.05, 0) is 19.1 Å².